The SMILES string of the molecule is CCSC1OC(CO)C(O)C1O. The van der Waals surface area contributed by atoms with Crippen LogP contribution in [0.25, 0.3) is 0 Å². The van der Waals surface area contributed by atoms with E-state index in [1.165, 1.54) is 11.8 Å². The summed E-state index contributed by atoms with van der Waals surface area (Å²) in [6.07, 6.45) is -2.48. The van der Waals surface area contributed by atoms with Crippen molar-refractivity contribution in [2.75, 3.05) is 12.4 Å². The second-order valence-corrected chi connectivity index (χ2v) is 4.04. The summed E-state index contributed by atoms with van der Waals surface area (Å²) in [4.78, 5) is 0. The van der Waals surface area contributed by atoms with Gasteiger partial charge >= 0.3 is 0 Å². The lowest BCUT2D eigenvalue weighted by Crippen LogP contribution is -2.33. The van der Waals surface area contributed by atoms with E-state index in [1.807, 2.05) is 6.92 Å². The fourth-order valence-corrected chi connectivity index (χ4v) is 2.08. The molecule has 0 aliphatic carbocycles. The van der Waals surface area contributed by atoms with E-state index in [0.717, 1.165) is 5.75 Å². The molecule has 1 rings (SSSR count). The van der Waals surface area contributed by atoms with Gasteiger partial charge in [-0.2, -0.15) is 0 Å². The quantitative estimate of drug-likeness (QED) is 0.547. The van der Waals surface area contributed by atoms with E-state index in [-0.39, 0.29) is 6.61 Å². The highest BCUT2D eigenvalue weighted by atomic mass is 32.2. The van der Waals surface area contributed by atoms with E-state index in [9.17, 15) is 10.2 Å². The Kier molecular flexibility index (Phi) is 3.79. The van der Waals surface area contributed by atoms with E-state index in [1.54, 1.807) is 0 Å². The van der Waals surface area contributed by atoms with Gasteiger partial charge in [-0.05, 0) is 5.75 Å². The van der Waals surface area contributed by atoms with Crippen LogP contribution in [0.2, 0.25) is 0 Å². The Morgan fingerprint density at radius 1 is 1.33 bits per heavy atom. The van der Waals surface area contributed by atoms with Crippen LogP contribution in [0.1, 0.15) is 6.92 Å². The fraction of sp³-hybridized carbons (Fsp3) is 1.00. The average molecular weight is 194 g/mol. The van der Waals surface area contributed by atoms with Crippen LogP contribution < -0.4 is 0 Å². The molecule has 4 unspecified atom stereocenters. The van der Waals surface area contributed by atoms with Crippen molar-refractivity contribution in [2.24, 2.45) is 0 Å². The smallest absolute Gasteiger partial charge is 0.132 e. The van der Waals surface area contributed by atoms with Crippen LogP contribution in [0.15, 0.2) is 0 Å². The number of aliphatic hydroxyl groups is 3. The molecule has 0 aromatic heterocycles. The van der Waals surface area contributed by atoms with Crippen molar-refractivity contribution in [3.05, 3.63) is 0 Å². The van der Waals surface area contributed by atoms with Gasteiger partial charge in [-0.1, -0.05) is 6.92 Å². The van der Waals surface area contributed by atoms with Gasteiger partial charge in [0.1, 0.15) is 23.7 Å². The first-order chi connectivity index (χ1) is 5.70. The molecular formula is C7H14O4S. The van der Waals surface area contributed by atoms with Crippen molar-refractivity contribution >= 4 is 11.8 Å². The number of aliphatic hydroxyl groups excluding tert-OH is 3. The molecule has 12 heavy (non-hydrogen) atoms. The lowest BCUT2D eigenvalue weighted by Gasteiger charge is -2.12. The third-order valence-electron chi connectivity index (χ3n) is 1.83. The van der Waals surface area contributed by atoms with Gasteiger partial charge < -0.3 is 20.1 Å². The molecule has 1 heterocycles. The second kappa shape index (κ2) is 4.43. The van der Waals surface area contributed by atoms with Crippen LogP contribution in [0.4, 0.5) is 0 Å². The van der Waals surface area contributed by atoms with Gasteiger partial charge in [0.15, 0.2) is 0 Å². The molecule has 0 bridgehead atoms. The maximum Gasteiger partial charge on any atom is 0.132 e. The first kappa shape index (κ1) is 10.3. The molecule has 4 nitrogen and oxygen atoms in total. The van der Waals surface area contributed by atoms with Crippen molar-refractivity contribution in [1.82, 2.24) is 0 Å². The highest BCUT2D eigenvalue weighted by molar-refractivity contribution is 7.99. The van der Waals surface area contributed by atoms with Gasteiger partial charge in [-0.3, -0.25) is 0 Å². The van der Waals surface area contributed by atoms with Crippen molar-refractivity contribution < 1.29 is 20.1 Å². The molecule has 3 N–H and O–H groups in total. The van der Waals surface area contributed by atoms with E-state index < -0.39 is 23.7 Å². The molecule has 1 fully saturated rings. The summed E-state index contributed by atoms with van der Waals surface area (Å²) in [7, 11) is 0. The van der Waals surface area contributed by atoms with E-state index >= 15 is 0 Å². The first-order valence-electron chi connectivity index (χ1n) is 3.94. The average Bonchev–Trinajstić information content (AvgIpc) is 2.33. The van der Waals surface area contributed by atoms with Gasteiger partial charge in [-0.15, -0.1) is 11.8 Å². The third-order valence-corrected chi connectivity index (χ3v) is 2.88. The predicted octanol–water partition coefficient (Wildman–Crippen LogP) is -0.822. The number of hydrogen-bond donors (Lipinski definition) is 3. The summed E-state index contributed by atoms with van der Waals surface area (Å²) >= 11 is 1.43. The number of thioether (sulfide) groups is 1. The van der Waals surface area contributed by atoms with Crippen LogP contribution in [0.3, 0.4) is 0 Å². The van der Waals surface area contributed by atoms with Crippen LogP contribution >= 0.6 is 11.8 Å². The van der Waals surface area contributed by atoms with E-state index in [2.05, 4.69) is 0 Å². The molecule has 1 aliphatic heterocycles. The Hall–Kier alpha value is 0.190. The van der Waals surface area contributed by atoms with Crippen LogP contribution in [-0.4, -0.2) is 51.4 Å². The minimum absolute atomic E-state index is 0.251. The normalized spacial score (nSPS) is 42.0. The third kappa shape index (κ3) is 1.92. The van der Waals surface area contributed by atoms with Gasteiger partial charge in [-0.25, -0.2) is 0 Å². The Morgan fingerprint density at radius 3 is 2.42 bits per heavy atom. The first-order valence-corrected chi connectivity index (χ1v) is 4.99. The summed E-state index contributed by atoms with van der Waals surface area (Å²) in [5, 5.41) is 27.4. The molecule has 4 atom stereocenters. The zero-order valence-electron chi connectivity index (χ0n) is 6.88. The Bertz CT molecular complexity index is 143. The molecule has 1 aliphatic rings. The van der Waals surface area contributed by atoms with Crippen LogP contribution in [-0.2, 0) is 4.74 Å². The van der Waals surface area contributed by atoms with E-state index in [0.29, 0.717) is 0 Å². The van der Waals surface area contributed by atoms with Gasteiger partial charge in [0, 0.05) is 0 Å². The molecule has 0 amide bonds. The lowest BCUT2D eigenvalue weighted by molar-refractivity contribution is -0.00807. The maximum atomic E-state index is 9.38. The van der Waals surface area contributed by atoms with Crippen LogP contribution in [0.5, 0.6) is 0 Å². The lowest BCUT2D eigenvalue weighted by atomic mass is 10.2. The number of ether oxygens (including phenoxy) is 1. The Balaban J connectivity index is 2.48. The molecule has 1 saturated heterocycles. The number of rotatable bonds is 3. The zero-order chi connectivity index (χ0) is 9.14. The van der Waals surface area contributed by atoms with Crippen molar-refractivity contribution in [1.29, 1.82) is 0 Å². The standard InChI is InChI=1S/C7H14O4S/c1-2-12-7-6(10)5(9)4(3-8)11-7/h4-10H,2-3H2,1H3. The Labute approximate surface area is 75.5 Å². The van der Waals surface area contributed by atoms with Crippen molar-refractivity contribution in [3.63, 3.8) is 0 Å². The van der Waals surface area contributed by atoms with Crippen molar-refractivity contribution in [2.45, 2.75) is 30.7 Å². The summed E-state index contributed by atoms with van der Waals surface area (Å²) in [6.45, 7) is 1.69. The van der Waals surface area contributed by atoms with E-state index in [4.69, 9.17) is 9.84 Å². The molecule has 0 saturated carbocycles. The minimum Gasteiger partial charge on any atom is -0.394 e. The largest absolute Gasteiger partial charge is 0.394 e. The predicted molar refractivity (Wildman–Crippen MR) is 45.9 cm³/mol. The highest BCUT2D eigenvalue weighted by Gasteiger charge is 2.41. The maximum absolute atomic E-state index is 9.38. The molecule has 72 valence electrons. The molecule has 0 spiro atoms. The molecule has 5 heteroatoms. The van der Waals surface area contributed by atoms with Gasteiger partial charge in [0.25, 0.3) is 0 Å². The van der Waals surface area contributed by atoms with Gasteiger partial charge in [0.2, 0.25) is 0 Å². The number of hydrogen-bond acceptors (Lipinski definition) is 5. The fourth-order valence-electron chi connectivity index (χ4n) is 1.17. The summed E-state index contributed by atoms with van der Waals surface area (Å²) in [5.74, 6) is 0.812. The van der Waals surface area contributed by atoms with Crippen LogP contribution in [0, 0.1) is 0 Å². The molecule has 0 radical (unpaired) electrons. The monoisotopic (exact) mass is 194 g/mol. The highest BCUT2D eigenvalue weighted by Crippen LogP contribution is 2.28. The Morgan fingerprint density at radius 2 is 2.00 bits per heavy atom. The summed E-state index contributed by atoms with van der Waals surface area (Å²) in [6, 6.07) is 0. The topological polar surface area (TPSA) is 69.9 Å². The zero-order valence-corrected chi connectivity index (χ0v) is 7.70. The summed E-state index contributed by atoms with van der Waals surface area (Å²) in [5.41, 5.74) is -0.401. The molecule has 0 aromatic rings. The van der Waals surface area contributed by atoms with Crippen molar-refractivity contribution in [3.8, 4) is 0 Å². The summed E-state index contributed by atoms with van der Waals surface area (Å²) < 4.78 is 5.19. The van der Waals surface area contributed by atoms with Gasteiger partial charge in [0.05, 0.1) is 6.61 Å². The minimum atomic E-state index is -0.959. The second-order valence-electron chi connectivity index (χ2n) is 2.66. The molecule has 0 aromatic carbocycles. The molecular weight excluding hydrogens is 180 g/mol.